The number of ether oxygens (including phenoxy) is 1. The summed E-state index contributed by atoms with van der Waals surface area (Å²) in [6.45, 7) is 2.79. The van der Waals surface area contributed by atoms with Crippen LogP contribution in [0.4, 0.5) is 5.69 Å². The first kappa shape index (κ1) is 24.6. The molecule has 1 aliphatic rings. The number of nitrogens with zero attached hydrogens (tertiary/aromatic N) is 1. The second kappa shape index (κ2) is 11.8. The van der Waals surface area contributed by atoms with E-state index in [0.717, 1.165) is 18.4 Å². The van der Waals surface area contributed by atoms with Crippen molar-refractivity contribution in [2.45, 2.75) is 31.9 Å². The number of carbonyl (C=O) groups excluding carboxylic acids is 3. The van der Waals surface area contributed by atoms with Gasteiger partial charge in [0.05, 0.1) is 17.5 Å². The van der Waals surface area contributed by atoms with E-state index in [4.69, 9.17) is 4.74 Å². The maximum absolute atomic E-state index is 13.6. The summed E-state index contributed by atoms with van der Waals surface area (Å²) in [6.07, 6.45) is 1.84. The first-order valence-electron chi connectivity index (χ1n) is 11.7. The van der Waals surface area contributed by atoms with Gasteiger partial charge in [-0.3, -0.25) is 19.3 Å². The Morgan fingerprint density at radius 1 is 1.03 bits per heavy atom. The van der Waals surface area contributed by atoms with Gasteiger partial charge in [0.2, 0.25) is 11.8 Å². The molecule has 0 radical (unpaired) electrons. The molecule has 8 heteroatoms. The number of aryl methyl sites for hydroxylation is 1. The molecule has 1 saturated heterocycles. The predicted molar refractivity (Wildman–Crippen MR) is 136 cm³/mol. The summed E-state index contributed by atoms with van der Waals surface area (Å²) in [6, 6.07) is 19.2. The molecule has 0 unspecified atom stereocenters. The van der Waals surface area contributed by atoms with Crippen molar-refractivity contribution in [2.24, 2.45) is 0 Å². The van der Waals surface area contributed by atoms with E-state index in [-0.39, 0.29) is 30.4 Å². The molecule has 0 spiro atoms. The number of anilines is 1. The molecule has 1 fully saturated rings. The van der Waals surface area contributed by atoms with Crippen LogP contribution in [0.5, 0.6) is 0 Å². The molecule has 3 aromatic rings. The average Bonchev–Trinajstić information content (AvgIpc) is 3.60. The molecule has 3 amide bonds. The van der Waals surface area contributed by atoms with Gasteiger partial charge in [-0.1, -0.05) is 54.1 Å². The molecule has 2 atom stereocenters. The third-order valence-electron chi connectivity index (χ3n) is 5.88. The predicted octanol–water partition coefficient (Wildman–Crippen LogP) is 3.86. The quantitative estimate of drug-likeness (QED) is 0.476. The van der Waals surface area contributed by atoms with Gasteiger partial charge >= 0.3 is 0 Å². The van der Waals surface area contributed by atoms with Crippen LogP contribution in [-0.2, 0) is 14.3 Å². The number of amides is 3. The van der Waals surface area contributed by atoms with E-state index in [9.17, 15) is 14.4 Å². The van der Waals surface area contributed by atoms with Crippen LogP contribution < -0.4 is 15.5 Å². The first-order valence-corrected chi connectivity index (χ1v) is 12.6. The van der Waals surface area contributed by atoms with Crippen LogP contribution in [-0.4, -0.2) is 43.5 Å². The zero-order valence-corrected chi connectivity index (χ0v) is 20.4. The molecule has 2 heterocycles. The van der Waals surface area contributed by atoms with Crippen molar-refractivity contribution in [1.29, 1.82) is 0 Å². The zero-order valence-electron chi connectivity index (χ0n) is 19.6. The second-order valence-corrected chi connectivity index (χ2v) is 9.40. The number of benzene rings is 2. The molecule has 1 aromatic heterocycles. The third-order valence-corrected chi connectivity index (χ3v) is 6.74. The van der Waals surface area contributed by atoms with Crippen molar-refractivity contribution in [3.63, 3.8) is 0 Å². The minimum atomic E-state index is -0.911. The van der Waals surface area contributed by atoms with Crippen molar-refractivity contribution < 1.29 is 19.1 Å². The van der Waals surface area contributed by atoms with Gasteiger partial charge in [0, 0.05) is 18.8 Å². The van der Waals surface area contributed by atoms with Crippen molar-refractivity contribution in [1.82, 2.24) is 10.6 Å². The number of hydrogen-bond acceptors (Lipinski definition) is 5. The Balaban J connectivity index is 1.62. The standard InChI is InChI=1S/C27H29N3O4S/c1-19-11-13-21(14-12-19)30(24(31)18-29-26(32)23-10-6-16-35-23)25(20-7-3-2-4-8-20)27(33)28-17-22-9-5-15-34-22/h2-4,6-8,10-14,16,22,25H,5,9,15,17-18H2,1H3,(H,28,33)(H,29,32)/t22-,25+/m1/s1. The van der Waals surface area contributed by atoms with Gasteiger partial charge in [-0.15, -0.1) is 11.3 Å². The number of rotatable bonds is 9. The van der Waals surface area contributed by atoms with E-state index in [2.05, 4.69) is 10.6 Å². The molecule has 1 aliphatic heterocycles. The largest absolute Gasteiger partial charge is 0.376 e. The first-order chi connectivity index (χ1) is 17.0. The Morgan fingerprint density at radius 2 is 1.80 bits per heavy atom. The second-order valence-electron chi connectivity index (χ2n) is 8.45. The molecule has 0 aliphatic carbocycles. The Morgan fingerprint density at radius 3 is 2.46 bits per heavy atom. The summed E-state index contributed by atoms with van der Waals surface area (Å²) >= 11 is 1.30. The van der Waals surface area contributed by atoms with Gasteiger partial charge in [0.25, 0.3) is 5.91 Å². The highest BCUT2D eigenvalue weighted by Gasteiger charge is 2.33. The highest BCUT2D eigenvalue weighted by atomic mass is 32.1. The molecule has 35 heavy (non-hydrogen) atoms. The van der Waals surface area contributed by atoms with Crippen LogP contribution in [0.25, 0.3) is 0 Å². The normalized spacial score (nSPS) is 15.9. The van der Waals surface area contributed by atoms with Crippen LogP contribution in [0.3, 0.4) is 0 Å². The van der Waals surface area contributed by atoms with E-state index >= 15 is 0 Å². The van der Waals surface area contributed by atoms with Crippen molar-refractivity contribution in [2.75, 3.05) is 24.6 Å². The molecule has 2 aromatic carbocycles. The summed E-state index contributed by atoms with van der Waals surface area (Å²) in [7, 11) is 0. The van der Waals surface area contributed by atoms with Crippen LogP contribution in [0, 0.1) is 6.92 Å². The lowest BCUT2D eigenvalue weighted by molar-refractivity contribution is -0.126. The molecule has 2 N–H and O–H groups in total. The lowest BCUT2D eigenvalue weighted by Gasteiger charge is -2.32. The minimum Gasteiger partial charge on any atom is -0.376 e. The van der Waals surface area contributed by atoms with Crippen LogP contribution in [0.15, 0.2) is 72.1 Å². The van der Waals surface area contributed by atoms with Crippen molar-refractivity contribution >= 4 is 34.7 Å². The van der Waals surface area contributed by atoms with Crippen molar-refractivity contribution in [3.8, 4) is 0 Å². The molecular formula is C27H29N3O4S. The highest BCUT2D eigenvalue weighted by Crippen LogP contribution is 2.28. The SMILES string of the molecule is Cc1ccc(N(C(=O)CNC(=O)c2cccs2)[C@H](C(=O)NC[C@H]2CCCO2)c2ccccc2)cc1. The van der Waals surface area contributed by atoms with E-state index in [1.807, 2.05) is 61.5 Å². The summed E-state index contributed by atoms with van der Waals surface area (Å²) < 4.78 is 5.65. The fourth-order valence-corrected chi connectivity index (χ4v) is 4.69. The lowest BCUT2D eigenvalue weighted by Crippen LogP contribution is -2.48. The Labute approximate surface area is 209 Å². The smallest absolute Gasteiger partial charge is 0.261 e. The number of thiophene rings is 1. The van der Waals surface area contributed by atoms with E-state index in [1.54, 1.807) is 17.5 Å². The van der Waals surface area contributed by atoms with Crippen LogP contribution >= 0.6 is 11.3 Å². The van der Waals surface area contributed by atoms with Crippen LogP contribution in [0.2, 0.25) is 0 Å². The summed E-state index contributed by atoms with van der Waals surface area (Å²) in [4.78, 5) is 41.6. The molecule has 0 saturated carbocycles. The number of carbonyl (C=O) groups is 3. The maximum atomic E-state index is 13.6. The van der Waals surface area contributed by atoms with Gasteiger partial charge in [0.1, 0.15) is 6.04 Å². The number of nitrogens with one attached hydrogen (secondary N) is 2. The van der Waals surface area contributed by atoms with Gasteiger partial charge in [-0.2, -0.15) is 0 Å². The van der Waals surface area contributed by atoms with Gasteiger partial charge in [-0.05, 0) is 48.9 Å². The summed E-state index contributed by atoms with van der Waals surface area (Å²) in [5.41, 5.74) is 2.29. The van der Waals surface area contributed by atoms with E-state index in [0.29, 0.717) is 29.3 Å². The van der Waals surface area contributed by atoms with Gasteiger partial charge < -0.3 is 15.4 Å². The molecular weight excluding hydrogens is 462 g/mol. The zero-order chi connectivity index (χ0) is 24.6. The average molecular weight is 492 g/mol. The van der Waals surface area contributed by atoms with Crippen LogP contribution in [0.1, 0.15) is 39.7 Å². The monoisotopic (exact) mass is 491 g/mol. The van der Waals surface area contributed by atoms with Crippen molar-refractivity contribution in [3.05, 3.63) is 88.1 Å². The summed E-state index contributed by atoms with van der Waals surface area (Å²) in [5, 5.41) is 7.49. The summed E-state index contributed by atoms with van der Waals surface area (Å²) in [5.74, 6) is -1.01. The fraction of sp³-hybridized carbons (Fsp3) is 0.296. The van der Waals surface area contributed by atoms with Gasteiger partial charge in [-0.25, -0.2) is 0 Å². The van der Waals surface area contributed by atoms with Gasteiger partial charge in [0.15, 0.2) is 0 Å². The highest BCUT2D eigenvalue weighted by molar-refractivity contribution is 7.12. The maximum Gasteiger partial charge on any atom is 0.261 e. The van der Waals surface area contributed by atoms with E-state index < -0.39 is 6.04 Å². The molecule has 7 nitrogen and oxygen atoms in total. The Hall–Kier alpha value is -3.49. The van der Waals surface area contributed by atoms with E-state index in [1.165, 1.54) is 16.2 Å². The molecule has 182 valence electrons. The minimum absolute atomic E-state index is 0.0241. The fourth-order valence-electron chi connectivity index (χ4n) is 4.05. The molecule has 0 bridgehead atoms. The third kappa shape index (κ3) is 6.35. The lowest BCUT2D eigenvalue weighted by atomic mass is 10.0. The Kier molecular flexibility index (Phi) is 8.28. The molecule has 4 rings (SSSR count). The Bertz CT molecular complexity index is 1130. The topological polar surface area (TPSA) is 87.7 Å². The number of hydrogen-bond donors (Lipinski definition) is 2.